The molecule has 6 nitrogen and oxygen atoms in total. The predicted molar refractivity (Wildman–Crippen MR) is 119 cm³/mol. The van der Waals surface area contributed by atoms with Crippen molar-refractivity contribution >= 4 is 44.9 Å². The number of halogens is 2. The predicted octanol–water partition coefficient (Wildman–Crippen LogP) is 3.95. The van der Waals surface area contributed by atoms with Crippen LogP contribution in [0.3, 0.4) is 0 Å². The highest BCUT2D eigenvalue weighted by atomic mass is 35.5. The molecule has 1 heterocycles. The second-order valence-electron chi connectivity index (χ2n) is 7.63. The summed E-state index contributed by atoms with van der Waals surface area (Å²) in [6.07, 6.45) is 0. The van der Waals surface area contributed by atoms with Gasteiger partial charge in [-0.3, -0.25) is 4.79 Å². The molecule has 0 saturated carbocycles. The zero-order chi connectivity index (χ0) is 22.1. The first-order valence-electron chi connectivity index (χ1n) is 9.46. The van der Waals surface area contributed by atoms with Gasteiger partial charge in [0.25, 0.3) is 0 Å². The molecule has 2 aromatic carbocycles. The molecule has 1 aliphatic rings. The highest BCUT2D eigenvalue weighted by molar-refractivity contribution is 7.89. The first kappa shape index (κ1) is 22.9. The van der Waals surface area contributed by atoms with E-state index in [9.17, 15) is 13.2 Å². The molecule has 0 amide bonds. The molecule has 0 spiro atoms. The SMILES string of the molecule is COC(=O)C(C)(C)c1ccc(S(=O)(=O)N2CCN(c3cc(Cl)ccc3Cl)CC2)cc1. The highest BCUT2D eigenvalue weighted by Crippen LogP contribution is 2.31. The highest BCUT2D eigenvalue weighted by Gasteiger charge is 2.33. The molecule has 1 saturated heterocycles. The minimum atomic E-state index is -3.64. The van der Waals surface area contributed by atoms with Gasteiger partial charge >= 0.3 is 5.97 Å². The molecule has 0 N–H and O–H groups in total. The molecule has 1 fully saturated rings. The standard InChI is InChI=1S/C21H24Cl2N2O4S/c1-21(2,20(26)29-3)15-4-7-17(8-5-15)30(27,28)25-12-10-24(11-13-25)19-14-16(22)6-9-18(19)23/h4-9,14H,10-13H2,1-3H3. The molecule has 1 aliphatic heterocycles. The Bertz CT molecular complexity index is 1030. The third-order valence-electron chi connectivity index (χ3n) is 5.40. The van der Waals surface area contributed by atoms with Crippen LogP contribution in [0.5, 0.6) is 0 Å². The van der Waals surface area contributed by atoms with E-state index in [-0.39, 0.29) is 10.9 Å². The van der Waals surface area contributed by atoms with Crippen LogP contribution in [0.4, 0.5) is 5.69 Å². The van der Waals surface area contributed by atoms with Crippen molar-refractivity contribution in [1.29, 1.82) is 0 Å². The molecular weight excluding hydrogens is 447 g/mol. The maximum atomic E-state index is 13.1. The van der Waals surface area contributed by atoms with Crippen molar-refractivity contribution in [2.24, 2.45) is 0 Å². The van der Waals surface area contributed by atoms with Crippen molar-refractivity contribution in [3.63, 3.8) is 0 Å². The number of benzene rings is 2. The summed E-state index contributed by atoms with van der Waals surface area (Å²) >= 11 is 12.3. The summed E-state index contributed by atoms with van der Waals surface area (Å²) in [4.78, 5) is 14.2. The average molecular weight is 471 g/mol. The van der Waals surface area contributed by atoms with Crippen LogP contribution in [0, 0.1) is 0 Å². The Balaban J connectivity index is 1.74. The molecule has 0 bridgehead atoms. The van der Waals surface area contributed by atoms with E-state index >= 15 is 0 Å². The van der Waals surface area contributed by atoms with E-state index in [1.54, 1.807) is 44.2 Å². The monoisotopic (exact) mass is 470 g/mol. The van der Waals surface area contributed by atoms with Crippen LogP contribution in [-0.2, 0) is 25.0 Å². The molecule has 3 rings (SSSR count). The van der Waals surface area contributed by atoms with Crippen LogP contribution in [-0.4, -0.2) is 52.0 Å². The van der Waals surface area contributed by atoms with E-state index in [1.165, 1.54) is 23.5 Å². The van der Waals surface area contributed by atoms with Crippen molar-refractivity contribution in [3.8, 4) is 0 Å². The van der Waals surface area contributed by atoms with E-state index in [0.717, 1.165) is 5.69 Å². The van der Waals surface area contributed by atoms with Crippen LogP contribution in [0.15, 0.2) is 47.4 Å². The van der Waals surface area contributed by atoms with E-state index in [2.05, 4.69) is 0 Å². The van der Waals surface area contributed by atoms with Gasteiger partial charge in [0.15, 0.2) is 0 Å². The third-order valence-corrected chi connectivity index (χ3v) is 7.86. The number of carbonyl (C=O) groups excluding carboxylic acids is 1. The number of methoxy groups -OCH3 is 1. The third kappa shape index (κ3) is 4.44. The molecule has 2 aromatic rings. The Hall–Kier alpha value is -1.80. The molecule has 30 heavy (non-hydrogen) atoms. The maximum absolute atomic E-state index is 13.1. The fraction of sp³-hybridized carbons (Fsp3) is 0.381. The Labute approximate surface area is 187 Å². The zero-order valence-electron chi connectivity index (χ0n) is 17.1. The first-order chi connectivity index (χ1) is 14.1. The van der Waals surface area contributed by atoms with Gasteiger partial charge in [-0.05, 0) is 49.7 Å². The minimum absolute atomic E-state index is 0.196. The van der Waals surface area contributed by atoms with Gasteiger partial charge in [-0.1, -0.05) is 35.3 Å². The molecule has 0 unspecified atom stereocenters. The van der Waals surface area contributed by atoms with Crippen molar-refractivity contribution in [2.45, 2.75) is 24.2 Å². The van der Waals surface area contributed by atoms with Gasteiger partial charge in [-0.25, -0.2) is 8.42 Å². The number of hydrogen-bond acceptors (Lipinski definition) is 5. The average Bonchev–Trinajstić information content (AvgIpc) is 2.75. The van der Waals surface area contributed by atoms with E-state index < -0.39 is 15.4 Å². The summed E-state index contributed by atoms with van der Waals surface area (Å²) in [6.45, 7) is 5.16. The topological polar surface area (TPSA) is 66.9 Å². The van der Waals surface area contributed by atoms with Gasteiger partial charge in [0.1, 0.15) is 0 Å². The first-order valence-corrected chi connectivity index (χ1v) is 11.7. The van der Waals surface area contributed by atoms with Crippen molar-refractivity contribution < 1.29 is 17.9 Å². The zero-order valence-corrected chi connectivity index (χ0v) is 19.4. The quantitative estimate of drug-likeness (QED) is 0.618. The van der Waals surface area contributed by atoms with Gasteiger partial charge in [-0.15, -0.1) is 0 Å². The molecule has 0 atom stereocenters. The summed E-state index contributed by atoms with van der Waals surface area (Å²) in [7, 11) is -2.31. The van der Waals surface area contributed by atoms with Crippen LogP contribution < -0.4 is 4.90 Å². The normalized spacial score (nSPS) is 15.8. The number of nitrogens with zero attached hydrogens (tertiary/aromatic N) is 2. The second kappa shape index (κ2) is 8.75. The number of esters is 1. The summed E-state index contributed by atoms with van der Waals surface area (Å²) in [6, 6.07) is 11.6. The van der Waals surface area contributed by atoms with Crippen LogP contribution >= 0.6 is 23.2 Å². The lowest BCUT2D eigenvalue weighted by molar-refractivity contribution is -0.146. The number of carbonyl (C=O) groups is 1. The minimum Gasteiger partial charge on any atom is -0.468 e. The van der Waals surface area contributed by atoms with Gasteiger partial charge in [-0.2, -0.15) is 4.31 Å². The van der Waals surface area contributed by atoms with Gasteiger partial charge in [0.05, 0.1) is 28.1 Å². The summed E-state index contributed by atoms with van der Waals surface area (Å²) < 4.78 is 32.4. The Morgan fingerprint density at radius 2 is 1.60 bits per heavy atom. The number of anilines is 1. The summed E-state index contributed by atoms with van der Waals surface area (Å²) in [5.41, 5.74) is 0.628. The molecule has 0 aliphatic carbocycles. The van der Waals surface area contributed by atoms with Crippen LogP contribution in [0.25, 0.3) is 0 Å². The van der Waals surface area contributed by atoms with Gasteiger partial charge < -0.3 is 9.64 Å². The molecule has 162 valence electrons. The number of rotatable bonds is 5. The fourth-order valence-corrected chi connectivity index (χ4v) is 5.29. The maximum Gasteiger partial charge on any atom is 0.315 e. The second-order valence-corrected chi connectivity index (χ2v) is 10.4. The summed E-state index contributed by atoms with van der Waals surface area (Å²) in [5, 5.41) is 1.17. The largest absolute Gasteiger partial charge is 0.468 e. The van der Waals surface area contributed by atoms with E-state index in [1.807, 2.05) is 4.90 Å². The van der Waals surface area contributed by atoms with Gasteiger partial charge in [0, 0.05) is 31.2 Å². The molecular formula is C21H24Cl2N2O4S. The smallest absolute Gasteiger partial charge is 0.315 e. The lowest BCUT2D eigenvalue weighted by atomic mass is 9.85. The Morgan fingerprint density at radius 3 is 2.17 bits per heavy atom. The van der Waals surface area contributed by atoms with E-state index in [4.69, 9.17) is 27.9 Å². The lowest BCUT2D eigenvalue weighted by Gasteiger charge is -2.36. The Kier molecular flexibility index (Phi) is 6.67. The molecule has 9 heteroatoms. The molecule has 0 radical (unpaired) electrons. The van der Waals surface area contributed by atoms with E-state index in [0.29, 0.717) is 41.8 Å². The summed E-state index contributed by atoms with van der Waals surface area (Å²) in [5.74, 6) is -0.381. The fourth-order valence-electron chi connectivity index (χ4n) is 3.46. The van der Waals surface area contributed by atoms with Crippen LogP contribution in [0.2, 0.25) is 10.0 Å². The number of hydrogen-bond donors (Lipinski definition) is 0. The number of piperazine rings is 1. The van der Waals surface area contributed by atoms with Crippen LogP contribution in [0.1, 0.15) is 19.4 Å². The lowest BCUT2D eigenvalue weighted by Crippen LogP contribution is -2.48. The van der Waals surface area contributed by atoms with Gasteiger partial charge in [0.2, 0.25) is 10.0 Å². The number of ether oxygens (including phenoxy) is 1. The number of sulfonamides is 1. The van der Waals surface area contributed by atoms with Crippen molar-refractivity contribution in [1.82, 2.24) is 4.31 Å². The molecule has 0 aromatic heterocycles. The van der Waals surface area contributed by atoms with Crippen molar-refractivity contribution in [3.05, 3.63) is 58.1 Å². The Morgan fingerprint density at radius 1 is 1.00 bits per heavy atom. The van der Waals surface area contributed by atoms with Crippen molar-refractivity contribution in [2.75, 3.05) is 38.2 Å².